The molecule has 2 aliphatic rings. The van der Waals surface area contributed by atoms with E-state index in [4.69, 9.17) is 0 Å². The number of anilines is 1. The lowest BCUT2D eigenvalue weighted by molar-refractivity contribution is -0.122. The molecule has 0 aromatic heterocycles. The first-order valence-electron chi connectivity index (χ1n) is 11.5. The lowest BCUT2D eigenvalue weighted by Crippen LogP contribution is -2.27. The average Bonchev–Trinajstić information content (AvgIpc) is 3.03. The summed E-state index contributed by atoms with van der Waals surface area (Å²) in [6.07, 6.45) is 7.97. The number of nitrogens with zero attached hydrogens (tertiary/aromatic N) is 2. The maximum absolute atomic E-state index is 12.8. The van der Waals surface area contributed by atoms with Gasteiger partial charge in [-0.3, -0.25) is 9.69 Å². The number of rotatable bonds is 3. The highest BCUT2D eigenvalue weighted by molar-refractivity contribution is 8.03. The van der Waals surface area contributed by atoms with Gasteiger partial charge < -0.3 is 4.90 Å². The number of carbonyl (C=O) groups excluding carboxylic acids is 1. The minimum absolute atomic E-state index is 0.256. The van der Waals surface area contributed by atoms with Gasteiger partial charge in [0.15, 0.2) is 0 Å². The summed E-state index contributed by atoms with van der Waals surface area (Å²) in [6, 6.07) is 16.7. The summed E-state index contributed by atoms with van der Waals surface area (Å²) in [6.45, 7) is 6.44. The molecule has 0 spiro atoms. The van der Waals surface area contributed by atoms with Gasteiger partial charge in [0, 0.05) is 40.3 Å². The van der Waals surface area contributed by atoms with E-state index in [9.17, 15) is 4.79 Å². The van der Waals surface area contributed by atoms with Gasteiger partial charge in [0.05, 0.1) is 15.7 Å². The summed E-state index contributed by atoms with van der Waals surface area (Å²) in [5.74, 6) is 5.44. The summed E-state index contributed by atoms with van der Waals surface area (Å²) >= 11 is 8.01. The van der Waals surface area contributed by atoms with Gasteiger partial charge in [0.2, 0.25) is 0 Å². The normalized spacial score (nSPS) is 15.7. The zero-order valence-electron chi connectivity index (χ0n) is 20.0. The quantitative estimate of drug-likeness (QED) is 0.347. The number of amides is 1. The van der Waals surface area contributed by atoms with Gasteiger partial charge in [-0.15, -0.1) is 12.6 Å². The molecule has 6 heteroatoms. The molecule has 0 bridgehead atoms. The standard InChI is InChI=1S/C26H24N2OS3.C2H6/c1-3-28(25(30)18-20-12-8-11-19-10-4-6-14-22(19)31-20)24(29)16-9-17-26-27(2)21-13-5-7-15-23(21)32-26;1-2/h4-7,10,12-15,17-18,30H,3,8,11H2,1-2H3;1-2H3/b25-18-,26-17-;. The Morgan fingerprint density at radius 2 is 1.82 bits per heavy atom. The van der Waals surface area contributed by atoms with Gasteiger partial charge in [0.1, 0.15) is 0 Å². The summed E-state index contributed by atoms with van der Waals surface area (Å²) in [5, 5.41) is 1.62. The van der Waals surface area contributed by atoms with E-state index in [2.05, 4.69) is 71.8 Å². The molecule has 0 saturated heterocycles. The Morgan fingerprint density at radius 1 is 1.12 bits per heavy atom. The van der Waals surface area contributed by atoms with Crippen LogP contribution in [0.4, 0.5) is 5.69 Å². The number of hydrogen-bond acceptors (Lipinski definition) is 5. The van der Waals surface area contributed by atoms with E-state index in [1.807, 2.05) is 46.0 Å². The lowest BCUT2D eigenvalue weighted by atomic mass is 10.1. The fraction of sp³-hybridized carbons (Fsp3) is 0.250. The molecule has 0 atom stereocenters. The zero-order chi connectivity index (χ0) is 24.5. The number of carbonyl (C=O) groups is 1. The Bertz CT molecular complexity index is 1190. The van der Waals surface area contributed by atoms with Crippen molar-refractivity contribution in [3.63, 3.8) is 0 Å². The molecule has 2 aromatic rings. The van der Waals surface area contributed by atoms with Crippen LogP contribution in [0.3, 0.4) is 0 Å². The van der Waals surface area contributed by atoms with Crippen LogP contribution in [0.1, 0.15) is 32.8 Å². The minimum atomic E-state index is -0.256. The molecule has 3 nitrogen and oxygen atoms in total. The molecular weight excluding hydrogens is 477 g/mol. The van der Waals surface area contributed by atoms with Crippen molar-refractivity contribution >= 4 is 47.7 Å². The van der Waals surface area contributed by atoms with Crippen molar-refractivity contribution in [3.8, 4) is 11.8 Å². The van der Waals surface area contributed by atoms with Crippen molar-refractivity contribution in [1.82, 2.24) is 4.90 Å². The number of aryl methyl sites for hydroxylation is 1. The van der Waals surface area contributed by atoms with Crippen LogP contribution < -0.4 is 4.90 Å². The molecule has 2 aliphatic heterocycles. The second-order valence-corrected chi connectivity index (χ2v) is 9.92. The number of benzene rings is 2. The maximum Gasteiger partial charge on any atom is 0.303 e. The van der Waals surface area contributed by atoms with E-state index in [0.717, 1.165) is 28.5 Å². The first-order chi connectivity index (χ1) is 16.6. The van der Waals surface area contributed by atoms with Gasteiger partial charge in [-0.05, 0) is 49.6 Å². The van der Waals surface area contributed by atoms with E-state index >= 15 is 0 Å². The molecular formula is C28H30N2OS3. The highest BCUT2D eigenvalue weighted by atomic mass is 32.2. The van der Waals surface area contributed by atoms with Crippen LogP contribution in [-0.2, 0) is 11.2 Å². The Labute approximate surface area is 217 Å². The van der Waals surface area contributed by atoms with Crippen molar-refractivity contribution in [2.24, 2.45) is 0 Å². The summed E-state index contributed by atoms with van der Waals surface area (Å²) < 4.78 is 0. The van der Waals surface area contributed by atoms with Crippen molar-refractivity contribution in [2.75, 3.05) is 18.5 Å². The van der Waals surface area contributed by atoms with Gasteiger partial charge in [0.25, 0.3) is 0 Å². The molecule has 0 radical (unpaired) electrons. The van der Waals surface area contributed by atoms with E-state index in [1.165, 1.54) is 15.4 Å². The lowest BCUT2D eigenvalue weighted by Gasteiger charge is -2.18. The predicted molar refractivity (Wildman–Crippen MR) is 151 cm³/mol. The number of thioether (sulfide) groups is 2. The Hall–Kier alpha value is -2.46. The molecule has 2 heterocycles. The molecule has 34 heavy (non-hydrogen) atoms. The van der Waals surface area contributed by atoms with E-state index < -0.39 is 0 Å². The zero-order valence-corrected chi connectivity index (χ0v) is 22.6. The van der Waals surface area contributed by atoms with Crippen LogP contribution in [0.15, 0.2) is 91.5 Å². The van der Waals surface area contributed by atoms with Gasteiger partial charge in [-0.1, -0.05) is 79.7 Å². The van der Waals surface area contributed by atoms with E-state index in [1.54, 1.807) is 34.5 Å². The molecule has 2 aromatic carbocycles. The first kappa shape index (κ1) is 26.2. The highest BCUT2D eigenvalue weighted by Crippen LogP contribution is 2.44. The monoisotopic (exact) mass is 506 g/mol. The summed E-state index contributed by atoms with van der Waals surface area (Å²) in [4.78, 5) is 20.0. The topological polar surface area (TPSA) is 23.6 Å². The largest absolute Gasteiger partial charge is 0.338 e. The molecule has 0 fully saturated rings. The molecule has 0 N–H and O–H groups in total. The molecule has 4 rings (SSSR count). The predicted octanol–water partition coefficient (Wildman–Crippen LogP) is 7.34. The molecule has 0 unspecified atom stereocenters. The Kier molecular flexibility index (Phi) is 9.88. The van der Waals surface area contributed by atoms with Gasteiger partial charge in [-0.2, -0.15) is 0 Å². The van der Waals surface area contributed by atoms with Gasteiger partial charge >= 0.3 is 5.91 Å². The number of hydrogen-bond donors (Lipinski definition) is 1. The maximum atomic E-state index is 12.8. The number of thiol groups is 1. The van der Waals surface area contributed by atoms with Crippen LogP contribution in [0.5, 0.6) is 0 Å². The Balaban J connectivity index is 0.00000158. The second-order valence-electron chi connectivity index (χ2n) is 7.29. The molecule has 176 valence electrons. The average molecular weight is 507 g/mol. The third-order valence-corrected chi connectivity index (χ3v) is 7.89. The van der Waals surface area contributed by atoms with Crippen LogP contribution in [-0.4, -0.2) is 24.4 Å². The van der Waals surface area contributed by atoms with E-state index in [0.29, 0.717) is 11.6 Å². The third-order valence-electron chi connectivity index (χ3n) is 5.22. The fourth-order valence-corrected chi connectivity index (χ4v) is 6.09. The smallest absolute Gasteiger partial charge is 0.303 e. The molecule has 0 aliphatic carbocycles. The molecule has 0 saturated carbocycles. The van der Waals surface area contributed by atoms with Crippen molar-refractivity contribution in [2.45, 2.75) is 43.4 Å². The minimum Gasteiger partial charge on any atom is -0.338 e. The third kappa shape index (κ3) is 6.35. The first-order valence-corrected chi connectivity index (χ1v) is 13.5. The molecule has 1 amide bonds. The van der Waals surface area contributed by atoms with Crippen LogP contribution >= 0.6 is 36.2 Å². The van der Waals surface area contributed by atoms with E-state index in [-0.39, 0.29) is 5.91 Å². The van der Waals surface area contributed by atoms with Crippen LogP contribution in [0.25, 0.3) is 0 Å². The number of allylic oxidation sites excluding steroid dienone is 3. The highest BCUT2D eigenvalue weighted by Gasteiger charge is 2.20. The number of fused-ring (bicyclic) bond motifs is 2. The van der Waals surface area contributed by atoms with Crippen molar-refractivity contribution in [1.29, 1.82) is 0 Å². The van der Waals surface area contributed by atoms with Crippen LogP contribution in [0.2, 0.25) is 0 Å². The fourth-order valence-electron chi connectivity index (χ4n) is 3.53. The SMILES string of the molecule is CC.CCN(C(=O)C#C/C=C1\Sc2ccccc2N1C)/C(S)=C/C1=CCCc2ccccc2S1. The Morgan fingerprint density at radius 3 is 2.56 bits per heavy atom. The van der Waals surface area contributed by atoms with Crippen LogP contribution in [0, 0.1) is 11.8 Å². The number of para-hydroxylation sites is 1. The van der Waals surface area contributed by atoms with Gasteiger partial charge in [-0.25, -0.2) is 0 Å². The summed E-state index contributed by atoms with van der Waals surface area (Å²) in [7, 11) is 2.01. The van der Waals surface area contributed by atoms with Crippen molar-refractivity contribution < 1.29 is 4.79 Å². The second kappa shape index (κ2) is 12.9. The summed E-state index contributed by atoms with van der Waals surface area (Å²) in [5.41, 5.74) is 2.51. The van der Waals surface area contributed by atoms with Crippen molar-refractivity contribution in [3.05, 3.63) is 87.3 Å².